The molecule has 0 fully saturated rings. The van der Waals surface area contributed by atoms with Gasteiger partial charge in [-0.15, -0.1) is 0 Å². The van der Waals surface area contributed by atoms with Crippen LogP contribution in [-0.2, 0) is 0 Å². The molecule has 1 aliphatic rings. The van der Waals surface area contributed by atoms with Crippen molar-refractivity contribution < 1.29 is 14.4 Å². The summed E-state index contributed by atoms with van der Waals surface area (Å²) >= 11 is 0. The van der Waals surface area contributed by atoms with Gasteiger partial charge in [0.1, 0.15) is 17.4 Å². The smallest absolute Gasteiger partial charge is 0.269 e. The Morgan fingerprint density at radius 3 is 2.68 bits per heavy atom. The fourth-order valence-corrected chi connectivity index (χ4v) is 3.70. The summed E-state index contributed by atoms with van der Waals surface area (Å²) in [7, 11) is 1.58. The third kappa shape index (κ3) is 2.63. The molecule has 7 nitrogen and oxygen atoms in total. The molecule has 2 atom stereocenters. The van der Waals surface area contributed by atoms with Gasteiger partial charge < -0.3 is 9.47 Å². The van der Waals surface area contributed by atoms with Gasteiger partial charge >= 0.3 is 0 Å². The summed E-state index contributed by atoms with van der Waals surface area (Å²) < 4.78 is 11.2. The predicted molar refractivity (Wildman–Crippen MR) is 103 cm³/mol. The zero-order chi connectivity index (χ0) is 19.8. The largest absolute Gasteiger partial charge is 0.496 e. The molecule has 0 radical (unpaired) electrons. The highest BCUT2D eigenvalue weighted by molar-refractivity contribution is 5.98. The summed E-state index contributed by atoms with van der Waals surface area (Å²) in [4.78, 5) is 10.7. The van der Waals surface area contributed by atoms with Crippen molar-refractivity contribution in [3.63, 3.8) is 0 Å². The van der Waals surface area contributed by atoms with E-state index in [1.807, 2.05) is 30.3 Å². The molecule has 3 aromatic rings. The molecular formula is C21H15N3O4. The lowest BCUT2D eigenvalue weighted by Crippen LogP contribution is -2.31. The predicted octanol–water partition coefficient (Wildman–Crippen LogP) is 4.40. The highest BCUT2D eigenvalue weighted by Crippen LogP contribution is 2.46. The number of nitro groups is 1. The van der Waals surface area contributed by atoms with Crippen LogP contribution in [0, 0.1) is 32.8 Å². The lowest BCUT2D eigenvalue weighted by molar-refractivity contribution is -0.384. The number of methoxy groups -OCH3 is 1. The first kappa shape index (κ1) is 17.5. The van der Waals surface area contributed by atoms with Crippen molar-refractivity contribution in [1.82, 2.24) is 0 Å². The second-order valence-electron chi connectivity index (χ2n) is 6.44. The molecule has 1 heterocycles. The normalized spacial score (nSPS) is 18.1. The van der Waals surface area contributed by atoms with Crippen LogP contribution in [0.2, 0.25) is 0 Å². The molecule has 0 aromatic heterocycles. The number of rotatable bonds is 3. The van der Waals surface area contributed by atoms with Gasteiger partial charge in [0.15, 0.2) is 0 Å². The molecule has 0 bridgehead atoms. The van der Waals surface area contributed by atoms with Crippen LogP contribution in [0.25, 0.3) is 10.8 Å². The zero-order valence-electron chi connectivity index (χ0n) is 14.9. The van der Waals surface area contributed by atoms with E-state index in [9.17, 15) is 15.4 Å². The average molecular weight is 373 g/mol. The van der Waals surface area contributed by atoms with Crippen molar-refractivity contribution in [2.24, 2.45) is 5.92 Å². The number of fused-ring (bicyclic) bond motifs is 3. The Hall–Kier alpha value is -3.92. The first-order chi connectivity index (χ1) is 13.5. The van der Waals surface area contributed by atoms with Crippen molar-refractivity contribution in [1.29, 1.82) is 10.7 Å². The summed E-state index contributed by atoms with van der Waals surface area (Å²) in [6, 6.07) is 17.5. The van der Waals surface area contributed by atoms with Crippen LogP contribution in [0.4, 0.5) is 5.69 Å². The van der Waals surface area contributed by atoms with Gasteiger partial charge in [0.25, 0.3) is 5.69 Å². The third-order valence-corrected chi connectivity index (χ3v) is 4.96. The summed E-state index contributed by atoms with van der Waals surface area (Å²) in [5.41, 5.74) is 1.25. The van der Waals surface area contributed by atoms with Gasteiger partial charge in [0.05, 0.1) is 18.1 Å². The fourth-order valence-electron chi connectivity index (χ4n) is 3.70. The van der Waals surface area contributed by atoms with E-state index in [0.29, 0.717) is 22.6 Å². The van der Waals surface area contributed by atoms with E-state index in [-0.39, 0.29) is 11.6 Å². The first-order valence-electron chi connectivity index (χ1n) is 8.55. The number of hydrogen-bond acceptors (Lipinski definition) is 6. The van der Waals surface area contributed by atoms with Crippen LogP contribution in [0.15, 0.2) is 54.6 Å². The molecule has 3 aromatic carbocycles. The van der Waals surface area contributed by atoms with E-state index in [1.54, 1.807) is 19.2 Å². The maximum Gasteiger partial charge on any atom is 0.269 e. The number of non-ortho nitro benzene ring substituents is 1. The molecule has 0 aliphatic carbocycles. The highest BCUT2D eigenvalue weighted by atomic mass is 16.6. The highest BCUT2D eigenvalue weighted by Gasteiger charge is 2.38. The molecule has 4 rings (SSSR count). The minimum atomic E-state index is -0.877. The van der Waals surface area contributed by atoms with Gasteiger partial charge in [-0.1, -0.05) is 36.4 Å². The Balaban J connectivity index is 1.98. The van der Waals surface area contributed by atoms with Crippen LogP contribution in [0.1, 0.15) is 17.0 Å². The lowest BCUT2D eigenvalue weighted by Gasteiger charge is -2.31. The Bertz CT molecular complexity index is 1170. The van der Waals surface area contributed by atoms with E-state index in [2.05, 4.69) is 6.07 Å². The second kappa shape index (κ2) is 6.67. The van der Waals surface area contributed by atoms with Gasteiger partial charge in [-0.05, 0) is 11.6 Å². The molecular weight excluding hydrogens is 358 g/mol. The van der Waals surface area contributed by atoms with E-state index < -0.39 is 16.8 Å². The second-order valence-corrected chi connectivity index (χ2v) is 6.44. The van der Waals surface area contributed by atoms with Crippen LogP contribution in [0.5, 0.6) is 11.5 Å². The molecule has 0 saturated carbocycles. The molecule has 1 N–H and O–H groups in total. The molecule has 28 heavy (non-hydrogen) atoms. The minimum absolute atomic E-state index is 0.0591. The maximum absolute atomic E-state index is 11.2. The van der Waals surface area contributed by atoms with Gasteiger partial charge in [0, 0.05) is 34.4 Å². The molecule has 2 unspecified atom stereocenters. The number of benzene rings is 3. The lowest BCUT2D eigenvalue weighted by atomic mass is 9.78. The zero-order valence-corrected chi connectivity index (χ0v) is 14.9. The van der Waals surface area contributed by atoms with Gasteiger partial charge in [0.2, 0.25) is 5.90 Å². The number of hydrogen-bond donors (Lipinski definition) is 1. The maximum atomic E-state index is 11.2. The first-order valence-corrected chi connectivity index (χ1v) is 8.55. The van der Waals surface area contributed by atoms with Crippen LogP contribution in [-0.4, -0.2) is 17.9 Å². The fraction of sp³-hybridized carbons (Fsp3) is 0.143. The molecule has 0 saturated heterocycles. The number of nitriles is 1. The van der Waals surface area contributed by atoms with E-state index in [0.717, 1.165) is 10.8 Å². The van der Waals surface area contributed by atoms with E-state index >= 15 is 0 Å². The third-order valence-electron chi connectivity index (χ3n) is 4.96. The number of nitro benzene ring substituents is 1. The summed E-state index contributed by atoms with van der Waals surface area (Å²) in [6.07, 6.45) is 0. The van der Waals surface area contributed by atoms with Crippen LogP contribution < -0.4 is 9.47 Å². The molecule has 0 spiro atoms. The van der Waals surface area contributed by atoms with Crippen molar-refractivity contribution in [2.45, 2.75) is 5.92 Å². The average Bonchev–Trinajstić information content (AvgIpc) is 2.72. The van der Waals surface area contributed by atoms with Crippen molar-refractivity contribution in [2.75, 3.05) is 7.11 Å². The van der Waals surface area contributed by atoms with Gasteiger partial charge in [-0.2, -0.15) is 5.26 Å². The Labute approximate surface area is 160 Å². The summed E-state index contributed by atoms with van der Waals surface area (Å²) in [5, 5.41) is 30.7. The van der Waals surface area contributed by atoms with Crippen LogP contribution >= 0.6 is 0 Å². The van der Waals surface area contributed by atoms with Crippen molar-refractivity contribution in [3.8, 4) is 17.6 Å². The molecule has 0 amide bonds. The van der Waals surface area contributed by atoms with Crippen LogP contribution in [0.3, 0.4) is 0 Å². The Morgan fingerprint density at radius 1 is 1.18 bits per heavy atom. The summed E-state index contributed by atoms with van der Waals surface area (Å²) in [6.45, 7) is 0. The Morgan fingerprint density at radius 2 is 1.96 bits per heavy atom. The van der Waals surface area contributed by atoms with Crippen molar-refractivity contribution >= 4 is 22.4 Å². The minimum Gasteiger partial charge on any atom is -0.496 e. The van der Waals surface area contributed by atoms with Gasteiger partial charge in [-0.25, -0.2) is 0 Å². The number of ether oxygens (including phenoxy) is 2. The molecule has 138 valence electrons. The quantitative estimate of drug-likeness (QED) is 0.540. The molecule has 1 aliphatic heterocycles. The van der Waals surface area contributed by atoms with E-state index in [4.69, 9.17) is 14.9 Å². The topological polar surface area (TPSA) is 109 Å². The monoisotopic (exact) mass is 373 g/mol. The number of nitrogens with zero attached hydrogens (tertiary/aromatic N) is 2. The van der Waals surface area contributed by atoms with Crippen molar-refractivity contribution in [3.05, 3.63) is 75.8 Å². The summed E-state index contributed by atoms with van der Waals surface area (Å²) in [5.74, 6) is -0.453. The SMILES string of the molecule is COc1cccc2c3c(ccc12)C(c1cccc([N+](=O)[O-])c1)C(C#N)C(=N)O3. The van der Waals surface area contributed by atoms with E-state index in [1.165, 1.54) is 12.1 Å². The van der Waals surface area contributed by atoms with Gasteiger partial charge in [-0.3, -0.25) is 15.5 Å². The standard InChI is InChI=1S/C21H15N3O4/c1-27-18-7-3-6-15-14(18)8-9-16-19(17(11-22)21(23)28-20(15)16)12-4-2-5-13(10-12)24(25)26/h2-10,17,19,23H,1H3. The molecule has 7 heteroatoms. The Kier molecular flexibility index (Phi) is 4.17. The number of nitrogens with one attached hydrogen (secondary N) is 1.